The highest BCUT2D eigenvalue weighted by Gasteiger charge is 2.07. The molecule has 0 aliphatic carbocycles. The minimum Gasteiger partial charge on any atom is -0.444 e. The third kappa shape index (κ3) is 4.51. The minimum atomic E-state index is 0.492. The normalized spacial score (nSPS) is 11.8. The van der Waals surface area contributed by atoms with Crippen LogP contribution in [0, 0.1) is 13.8 Å². The summed E-state index contributed by atoms with van der Waals surface area (Å²) >= 11 is 0. The number of aromatic nitrogens is 3. The summed E-state index contributed by atoms with van der Waals surface area (Å²) in [5.41, 5.74) is 5.50. The molecular weight excluding hydrogens is 376 g/mol. The molecule has 0 unspecified atom stereocenters. The van der Waals surface area contributed by atoms with E-state index in [9.17, 15) is 0 Å². The number of benzene rings is 2. The molecule has 2 N–H and O–H groups in total. The molecule has 4 aromatic rings. The molecule has 0 fully saturated rings. The van der Waals surface area contributed by atoms with Crippen LogP contribution in [-0.2, 0) is 19.6 Å². The van der Waals surface area contributed by atoms with Gasteiger partial charge in [0.2, 0.25) is 5.89 Å². The van der Waals surface area contributed by atoms with Gasteiger partial charge in [-0.3, -0.25) is 4.99 Å². The first kappa shape index (κ1) is 19.7. The van der Waals surface area contributed by atoms with Gasteiger partial charge in [0.1, 0.15) is 5.76 Å². The second-order valence-electron chi connectivity index (χ2n) is 7.21. The third-order valence-electron chi connectivity index (χ3n) is 5.07. The zero-order valence-electron chi connectivity index (χ0n) is 17.5. The number of aliphatic imine (C=N–C) groups is 1. The van der Waals surface area contributed by atoms with E-state index in [4.69, 9.17) is 4.42 Å². The second kappa shape index (κ2) is 8.82. The van der Waals surface area contributed by atoms with E-state index in [0.29, 0.717) is 24.9 Å². The Hall–Kier alpha value is -3.61. The Balaban J connectivity index is 1.31. The standard InChI is InChI=1S/C23H26N6O/c1-16-17(2)30-22(28-16)13-26-23(24-3)25-12-18-8-10-19(11-9-18)14-29-15-27-20-6-4-5-7-21(20)29/h4-11,15H,12-14H2,1-3H3,(H2,24,25,26). The zero-order valence-corrected chi connectivity index (χ0v) is 17.5. The van der Waals surface area contributed by atoms with E-state index >= 15 is 0 Å². The Morgan fingerprint density at radius 2 is 1.73 bits per heavy atom. The Morgan fingerprint density at radius 1 is 1.00 bits per heavy atom. The molecule has 30 heavy (non-hydrogen) atoms. The molecule has 2 heterocycles. The zero-order chi connectivity index (χ0) is 20.9. The van der Waals surface area contributed by atoms with Crippen LogP contribution in [0.1, 0.15) is 28.5 Å². The lowest BCUT2D eigenvalue weighted by molar-refractivity contribution is 0.463. The van der Waals surface area contributed by atoms with Crippen LogP contribution < -0.4 is 10.6 Å². The quantitative estimate of drug-likeness (QED) is 0.381. The maximum Gasteiger partial charge on any atom is 0.214 e. The number of guanidine groups is 1. The van der Waals surface area contributed by atoms with Crippen LogP contribution in [0.15, 0.2) is 64.3 Å². The fourth-order valence-corrected chi connectivity index (χ4v) is 3.28. The molecule has 2 aromatic heterocycles. The SMILES string of the molecule is CN=C(NCc1ccc(Cn2cnc3ccccc32)cc1)NCc1nc(C)c(C)o1. The van der Waals surface area contributed by atoms with Crippen molar-refractivity contribution in [3.05, 3.63) is 83.3 Å². The van der Waals surface area contributed by atoms with E-state index in [-0.39, 0.29) is 0 Å². The lowest BCUT2D eigenvalue weighted by Gasteiger charge is -2.11. The highest BCUT2D eigenvalue weighted by atomic mass is 16.4. The first-order valence-electron chi connectivity index (χ1n) is 9.97. The maximum absolute atomic E-state index is 5.59. The molecule has 0 radical (unpaired) electrons. The molecule has 7 heteroatoms. The highest BCUT2D eigenvalue weighted by molar-refractivity contribution is 5.79. The van der Waals surface area contributed by atoms with E-state index in [1.165, 1.54) is 11.1 Å². The van der Waals surface area contributed by atoms with Crippen LogP contribution in [-0.4, -0.2) is 27.5 Å². The van der Waals surface area contributed by atoms with Crippen molar-refractivity contribution in [1.29, 1.82) is 0 Å². The smallest absolute Gasteiger partial charge is 0.214 e. The summed E-state index contributed by atoms with van der Waals surface area (Å²) in [5.74, 6) is 2.21. The molecule has 2 aromatic carbocycles. The Morgan fingerprint density at radius 3 is 2.47 bits per heavy atom. The van der Waals surface area contributed by atoms with Crippen LogP contribution in [0.2, 0.25) is 0 Å². The first-order valence-corrected chi connectivity index (χ1v) is 9.97. The highest BCUT2D eigenvalue weighted by Crippen LogP contribution is 2.14. The number of oxazole rings is 1. The molecule has 0 aliphatic heterocycles. The van der Waals surface area contributed by atoms with Crippen LogP contribution in [0.4, 0.5) is 0 Å². The van der Waals surface area contributed by atoms with Crippen molar-refractivity contribution in [2.24, 2.45) is 4.99 Å². The Bertz CT molecular complexity index is 1140. The largest absolute Gasteiger partial charge is 0.444 e. The number of aryl methyl sites for hydroxylation is 2. The molecule has 0 amide bonds. The summed E-state index contributed by atoms with van der Waals surface area (Å²) in [7, 11) is 1.75. The number of fused-ring (bicyclic) bond motifs is 1. The predicted molar refractivity (Wildman–Crippen MR) is 118 cm³/mol. The Labute approximate surface area is 175 Å². The molecule has 154 valence electrons. The van der Waals surface area contributed by atoms with Gasteiger partial charge in [0.15, 0.2) is 5.96 Å². The van der Waals surface area contributed by atoms with Crippen LogP contribution in [0.3, 0.4) is 0 Å². The Kier molecular flexibility index (Phi) is 5.79. The average molecular weight is 403 g/mol. The monoisotopic (exact) mass is 402 g/mol. The molecular formula is C23H26N6O. The van der Waals surface area contributed by atoms with Gasteiger partial charge in [0, 0.05) is 20.1 Å². The molecule has 0 aliphatic rings. The lowest BCUT2D eigenvalue weighted by atomic mass is 10.1. The molecule has 4 rings (SSSR count). The molecule has 7 nitrogen and oxygen atoms in total. The number of hydrogen-bond donors (Lipinski definition) is 2. The van der Waals surface area contributed by atoms with Crippen molar-refractivity contribution in [2.75, 3.05) is 7.05 Å². The topological polar surface area (TPSA) is 80.3 Å². The summed E-state index contributed by atoms with van der Waals surface area (Å²) in [6, 6.07) is 16.8. The van der Waals surface area contributed by atoms with Crippen molar-refractivity contribution in [1.82, 2.24) is 25.2 Å². The van der Waals surface area contributed by atoms with E-state index in [1.807, 2.05) is 38.4 Å². The number of nitrogens with zero attached hydrogens (tertiary/aromatic N) is 4. The summed E-state index contributed by atoms with van der Waals surface area (Å²) in [5, 5.41) is 6.55. The summed E-state index contributed by atoms with van der Waals surface area (Å²) < 4.78 is 7.76. The average Bonchev–Trinajstić information content (AvgIpc) is 3.32. The lowest BCUT2D eigenvalue weighted by Crippen LogP contribution is -2.36. The molecule has 0 spiro atoms. The van der Waals surface area contributed by atoms with Crippen LogP contribution in [0.5, 0.6) is 0 Å². The number of imidazole rings is 1. The number of hydrogen-bond acceptors (Lipinski definition) is 4. The van der Waals surface area contributed by atoms with Crippen LogP contribution >= 0.6 is 0 Å². The van der Waals surface area contributed by atoms with Gasteiger partial charge in [-0.25, -0.2) is 9.97 Å². The van der Waals surface area contributed by atoms with Crippen molar-refractivity contribution in [2.45, 2.75) is 33.5 Å². The van der Waals surface area contributed by atoms with E-state index in [2.05, 4.69) is 60.5 Å². The summed E-state index contributed by atoms with van der Waals surface area (Å²) in [4.78, 5) is 13.1. The van der Waals surface area contributed by atoms with Gasteiger partial charge in [0.25, 0.3) is 0 Å². The molecule has 0 bridgehead atoms. The molecule has 0 saturated carbocycles. The molecule has 0 saturated heterocycles. The third-order valence-corrected chi connectivity index (χ3v) is 5.07. The van der Waals surface area contributed by atoms with Gasteiger partial charge in [0.05, 0.1) is 29.6 Å². The van der Waals surface area contributed by atoms with Gasteiger partial charge < -0.3 is 19.6 Å². The maximum atomic E-state index is 5.59. The van der Waals surface area contributed by atoms with Crippen molar-refractivity contribution in [3.8, 4) is 0 Å². The fraction of sp³-hybridized carbons (Fsp3) is 0.261. The number of para-hydroxylation sites is 2. The van der Waals surface area contributed by atoms with Gasteiger partial charge in [-0.15, -0.1) is 0 Å². The van der Waals surface area contributed by atoms with Crippen molar-refractivity contribution >= 4 is 17.0 Å². The van der Waals surface area contributed by atoms with E-state index in [1.54, 1.807) is 7.05 Å². The van der Waals surface area contributed by atoms with Gasteiger partial charge in [-0.1, -0.05) is 36.4 Å². The first-order chi connectivity index (χ1) is 14.6. The number of nitrogens with one attached hydrogen (secondary N) is 2. The second-order valence-corrected chi connectivity index (χ2v) is 7.21. The fourth-order valence-electron chi connectivity index (χ4n) is 3.28. The summed E-state index contributed by atoms with van der Waals surface area (Å²) in [6.07, 6.45) is 1.90. The van der Waals surface area contributed by atoms with Crippen molar-refractivity contribution < 1.29 is 4.42 Å². The van der Waals surface area contributed by atoms with E-state index in [0.717, 1.165) is 29.0 Å². The number of rotatable bonds is 6. The van der Waals surface area contributed by atoms with Gasteiger partial charge in [-0.05, 0) is 37.1 Å². The minimum absolute atomic E-state index is 0.492. The van der Waals surface area contributed by atoms with Crippen LogP contribution in [0.25, 0.3) is 11.0 Å². The van der Waals surface area contributed by atoms with Gasteiger partial charge >= 0.3 is 0 Å². The summed E-state index contributed by atoms with van der Waals surface area (Å²) in [6.45, 7) is 5.82. The van der Waals surface area contributed by atoms with E-state index < -0.39 is 0 Å². The van der Waals surface area contributed by atoms with Crippen molar-refractivity contribution in [3.63, 3.8) is 0 Å². The predicted octanol–water partition coefficient (Wildman–Crippen LogP) is 3.55. The van der Waals surface area contributed by atoms with Gasteiger partial charge in [-0.2, -0.15) is 0 Å². The molecule has 0 atom stereocenters.